The van der Waals surface area contributed by atoms with Crippen LogP contribution in [0.25, 0.3) is 0 Å². The third kappa shape index (κ3) is 3.34. The zero-order valence-corrected chi connectivity index (χ0v) is 11.1. The van der Waals surface area contributed by atoms with Gasteiger partial charge in [0.2, 0.25) is 5.91 Å². The van der Waals surface area contributed by atoms with Gasteiger partial charge in [-0.05, 0) is 37.5 Å². The van der Waals surface area contributed by atoms with Crippen molar-refractivity contribution in [3.05, 3.63) is 29.3 Å². The number of rotatable bonds is 3. The summed E-state index contributed by atoms with van der Waals surface area (Å²) in [5.41, 5.74) is 1.50. The lowest BCUT2D eigenvalue weighted by Gasteiger charge is -2.20. The van der Waals surface area contributed by atoms with Crippen molar-refractivity contribution in [3.8, 4) is 0 Å². The van der Waals surface area contributed by atoms with Gasteiger partial charge in [0, 0.05) is 11.6 Å². The minimum absolute atomic E-state index is 0.0138. The predicted molar refractivity (Wildman–Crippen MR) is 73.3 cm³/mol. The van der Waals surface area contributed by atoms with Crippen LogP contribution >= 0.6 is 0 Å². The molecular weight excluding hydrogens is 242 g/mol. The second-order valence-electron chi connectivity index (χ2n) is 5.16. The summed E-state index contributed by atoms with van der Waals surface area (Å²) in [7, 11) is 0. The second kappa shape index (κ2) is 5.87. The van der Waals surface area contributed by atoms with E-state index in [9.17, 15) is 9.59 Å². The number of nitrogens with one attached hydrogen (secondary N) is 1. The van der Waals surface area contributed by atoms with E-state index in [1.165, 1.54) is 12.5 Å². The van der Waals surface area contributed by atoms with Gasteiger partial charge in [-0.25, -0.2) is 4.79 Å². The Balaban J connectivity index is 2.08. The van der Waals surface area contributed by atoms with Crippen LogP contribution in [0.4, 0.5) is 5.69 Å². The van der Waals surface area contributed by atoms with Crippen LogP contribution in [-0.2, 0) is 4.79 Å². The highest BCUT2D eigenvalue weighted by Gasteiger charge is 2.21. The van der Waals surface area contributed by atoms with Crippen molar-refractivity contribution in [2.45, 2.75) is 39.0 Å². The summed E-state index contributed by atoms with van der Waals surface area (Å²) in [5.74, 6) is -0.880. The predicted octanol–water partition coefficient (Wildman–Crippen LogP) is 3.21. The Kier molecular flexibility index (Phi) is 4.20. The molecule has 0 aliphatic heterocycles. The molecule has 2 rings (SSSR count). The monoisotopic (exact) mass is 261 g/mol. The van der Waals surface area contributed by atoms with E-state index < -0.39 is 5.97 Å². The largest absolute Gasteiger partial charge is 0.478 e. The minimum atomic E-state index is -0.966. The minimum Gasteiger partial charge on any atom is -0.478 e. The molecule has 1 aromatic carbocycles. The fourth-order valence-corrected chi connectivity index (χ4v) is 2.54. The van der Waals surface area contributed by atoms with E-state index in [1.54, 1.807) is 19.1 Å². The van der Waals surface area contributed by atoms with Crippen LogP contribution in [0.3, 0.4) is 0 Å². The molecule has 0 bridgehead atoms. The fraction of sp³-hybridized carbons (Fsp3) is 0.467. The van der Waals surface area contributed by atoms with Crippen LogP contribution in [0, 0.1) is 12.8 Å². The zero-order chi connectivity index (χ0) is 13.8. The second-order valence-corrected chi connectivity index (χ2v) is 5.16. The average Bonchev–Trinajstić information content (AvgIpc) is 2.41. The van der Waals surface area contributed by atoms with Crippen LogP contribution in [0.2, 0.25) is 0 Å². The molecule has 19 heavy (non-hydrogen) atoms. The lowest BCUT2D eigenvalue weighted by molar-refractivity contribution is -0.120. The maximum atomic E-state index is 12.1. The van der Waals surface area contributed by atoms with Crippen LogP contribution < -0.4 is 5.32 Å². The molecule has 4 heteroatoms. The molecule has 1 aromatic rings. The van der Waals surface area contributed by atoms with Gasteiger partial charge in [-0.2, -0.15) is 0 Å². The normalized spacial score (nSPS) is 16.1. The average molecular weight is 261 g/mol. The molecule has 1 saturated carbocycles. The van der Waals surface area contributed by atoms with Crippen molar-refractivity contribution < 1.29 is 14.7 Å². The summed E-state index contributed by atoms with van der Waals surface area (Å²) in [6.07, 6.45) is 5.28. The number of amides is 1. The topological polar surface area (TPSA) is 66.4 Å². The summed E-state index contributed by atoms with van der Waals surface area (Å²) in [5, 5.41) is 11.9. The summed E-state index contributed by atoms with van der Waals surface area (Å²) in [6.45, 7) is 1.75. The summed E-state index contributed by atoms with van der Waals surface area (Å²) in [4.78, 5) is 23.1. The first kappa shape index (κ1) is 13.6. The third-order valence-electron chi connectivity index (χ3n) is 3.71. The molecule has 1 fully saturated rings. The molecule has 4 nitrogen and oxygen atoms in total. The number of aryl methyl sites for hydroxylation is 1. The van der Waals surface area contributed by atoms with E-state index in [0.717, 1.165) is 25.7 Å². The number of hydrogen-bond donors (Lipinski definition) is 2. The molecule has 0 aromatic heterocycles. The SMILES string of the molecule is Cc1ccc(NC(=O)C2CCCCC2)cc1C(=O)O. The van der Waals surface area contributed by atoms with Gasteiger partial charge in [-0.15, -0.1) is 0 Å². The van der Waals surface area contributed by atoms with Crippen molar-refractivity contribution >= 4 is 17.6 Å². The number of carboxylic acids is 1. The Morgan fingerprint density at radius 2 is 1.89 bits per heavy atom. The molecule has 0 heterocycles. The van der Waals surface area contributed by atoms with Gasteiger partial charge in [0.25, 0.3) is 0 Å². The Morgan fingerprint density at radius 3 is 2.53 bits per heavy atom. The van der Waals surface area contributed by atoms with Gasteiger partial charge < -0.3 is 10.4 Å². The van der Waals surface area contributed by atoms with Crippen molar-refractivity contribution in [2.24, 2.45) is 5.92 Å². The van der Waals surface area contributed by atoms with Gasteiger partial charge in [0.05, 0.1) is 5.56 Å². The smallest absolute Gasteiger partial charge is 0.336 e. The lowest BCUT2D eigenvalue weighted by Crippen LogP contribution is -2.24. The van der Waals surface area contributed by atoms with E-state index in [1.807, 2.05) is 0 Å². The van der Waals surface area contributed by atoms with Gasteiger partial charge in [-0.1, -0.05) is 25.3 Å². The molecular formula is C15H19NO3. The standard InChI is InChI=1S/C15H19NO3/c1-10-7-8-12(9-13(10)15(18)19)16-14(17)11-5-3-2-4-6-11/h7-9,11H,2-6H2,1H3,(H,16,17)(H,18,19). The first-order valence-electron chi connectivity index (χ1n) is 6.73. The summed E-state index contributed by atoms with van der Waals surface area (Å²) < 4.78 is 0. The van der Waals surface area contributed by atoms with Gasteiger partial charge in [0.1, 0.15) is 0 Å². The van der Waals surface area contributed by atoms with Crippen molar-refractivity contribution in [1.29, 1.82) is 0 Å². The third-order valence-corrected chi connectivity index (χ3v) is 3.71. The number of hydrogen-bond acceptors (Lipinski definition) is 2. The molecule has 0 radical (unpaired) electrons. The van der Waals surface area contributed by atoms with Crippen LogP contribution in [-0.4, -0.2) is 17.0 Å². The molecule has 1 amide bonds. The van der Waals surface area contributed by atoms with Crippen molar-refractivity contribution in [3.63, 3.8) is 0 Å². The number of benzene rings is 1. The van der Waals surface area contributed by atoms with E-state index in [4.69, 9.17) is 5.11 Å². The van der Waals surface area contributed by atoms with E-state index in [2.05, 4.69) is 5.32 Å². The summed E-state index contributed by atoms with van der Waals surface area (Å²) in [6, 6.07) is 5.00. The molecule has 1 aliphatic rings. The Morgan fingerprint density at radius 1 is 1.21 bits per heavy atom. The molecule has 1 aliphatic carbocycles. The Labute approximate surface area is 112 Å². The number of carboxylic acid groups (broad SMARTS) is 1. The van der Waals surface area contributed by atoms with Crippen molar-refractivity contribution in [1.82, 2.24) is 0 Å². The molecule has 0 unspecified atom stereocenters. The highest BCUT2D eigenvalue weighted by Crippen LogP contribution is 2.25. The molecule has 0 spiro atoms. The first-order chi connectivity index (χ1) is 9.08. The number of aromatic carboxylic acids is 1. The summed E-state index contributed by atoms with van der Waals surface area (Å²) >= 11 is 0. The number of carbonyl (C=O) groups is 2. The maximum absolute atomic E-state index is 12.1. The van der Waals surface area contributed by atoms with Crippen LogP contribution in [0.5, 0.6) is 0 Å². The maximum Gasteiger partial charge on any atom is 0.336 e. The lowest BCUT2D eigenvalue weighted by atomic mass is 9.88. The molecule has 102 valence electrons. The van der Waals surface area contributed by atoms with Crippen molar-refractivity contribution in [2.75, 3.05) is 5.32 Å². The van der Waals surface area contributed by atoms with Gasteiger partial charge in [-0.3, -0.25) is 4.79 Å². The van der Waals surface area contributed by atoms with E-state index in [0.29, 0.717) is 11.3 Å². The van der Waals surface area contributed by atoms with E-state index in [-0.39, 0.29) is 17.4 Å². The molecule has 0 atom stereocenters. The molecule has 0 saturated heterocycles. The number of anilines is 1. The molecule has 2 N–H and O–H groups in total. The highest BCUT2D eigenvalue weighted by atomic mass is 16.4. The van der Waals surface area contributed by atoms with Gasteiger partial charge in [0.15, 0.2) is 0 Å². The fourth-order valence-electron chi connectivity index (χ4n) is 2.54. The van der Waals surface area contributed by atoms with Crippen LogP contribution in [0.15, 0.2) is 18.2 Å². The first-order valence-corrected chi connectivity index (χ1v) is 6.73. The van der Waals surface area contributed by atoms with Gasteiger partial charge >= 0.3 is 5.97 Å². The zero-order valence-electron chi connectivity index (χ0n) is 11.1. The Hall–Kier alpha value is -1.84. The quantitative estimate of drug-likeness (QED) is 0.878. The van der Waals surface area contributed by atoms with E-state index >= 15 is 0 Å². The highest BCUT2D eigenvalue weighted by molar-refractivity contribution is 5.95. The van der Waals surface area contributed by atoms with Crippen LogP contribution in [0.1, 0.15) is 48.0 Å². The Bertz CT molecular complexity index is 490. The number of carbonyl (C=O) groups excluding carboxylic acids is 1.